The van der Waals surface area contributed by atoms with Crippen LogP contribution in [0.4, 0.5) is 0 Å². The Kier molecular flexibility index (Phi) is 3.58. The summed E-state index contributed by atoms with van der Waals surface area (Å²) >= 11 is 0. The summed E-state index contributed by atoms with van der Waals surface area (Å²) in [6.45, 7) is 17.2. The van der Waals surface area contributed by atoms with Crippen molar-refractivity contribution >= 4 is 0 Å². The zero-order valence-corrected chi connectivity index (χ0v) is 11.9. The van der Waals surface area contributed by atoms with Gasteiger partial charge in [-0.05, 0) is 41.4 Å². The molecule has 0 aromatic rings. The third-order valence-electron chi connectivity index (χ3n) is 5.55. The van der Waals surface area contributed by atoms with Gasteiger partial charge in [0.2, 0.25) is 0 Å². The smallest absolute Gasteiger partial charge is 0.0221 e. The van der Waals surface area contributed by atoms with Crippen LogP contribution in [0.25, 0.3) is 0 Å². The van der Waals surface area contributed by atoms with Crippen molar-refractivity contribution in [2.45, 2.75) is 67.7 Å². The monoisotopic (exact) mass is 210 g/mol. The summed E-state index contributed by atoms with van der Waals surface area (Å²) in [6.07, 6.45) is 4.28. The van der Waals surface area contributed by atoms with Gasteiger partial charge in [-0.2, -0.15) is 0 Å². The van der Waals surface area contributed by atoms with E-state index in [1.54, 1.807) is 0 Å². The van der Waals surface area contributed by atoms with Crippen LogP contribution in [0, 0.1) is 28.6 Å². The highest BCUT2D eigenvalue weighted by Crippen LogP contribution is 2.59. The predicted octanol–water partition coefficient (Wildman–Crippen LogP) is 5.13. The molecule has 0 saturated heterocycles. The SMILES string of the molecule is CC(C)C1CCCC(C)(C)C1(C)C(C)C. The van der Waals surface area contributed by atoms with Crippen LogP contribution in [0.3, 0.4) is 0 Å². The van der Waals surface area contributed by atoms with Crippen molar-refractivity contribution in [3.8, 4) is 0 Å². The highest BCUT2D eigenvalue weighted by Gasteiger charge is 2.51. The van der Waals surface area contributed by atoms with Gasteiger partial charge in [0.1, 0.15) is 0 Å². The average Bonchev–Trinajstić information content (AvgIpc) is 2.08. The van der Waals surface area contributed by atoms with E-state index in [9.17, 15) is 0 Å². The van der Waals surface area contributed by atoms with E-state index >= 15 is 0 Å². The fraction of sp³-hybridized carbons (Fsp3) is 1.00. The molecular formula is C15H30. The fourth-order valence-corrected chi connectivity index (χ4v) is 4.07. The second-order valence-corrected chi connectivity index (χ2v) is 7.06. The van der Waals surface area contributed by atoms with Gasteiger partial charge in [-0.15, -0.1) is 0 Å². The van der Waals surface area contributed by atoms with Crippen molar-refractivity contribution in [3.63, 3.8) is 0 Å². The van der Waals surface area contributed by atoms with Gasteiger partial charge < -0.3 is 0 Å². The van der Waals surface area contributed by atoms with E-state index in [2.05, 4.69) is 48.5 Å². The largest absolute Gasteiger partial charge is 0.0625 e. The van der Waals surface area contributed by atoms with Crippen LogP contribution in [0.5, 0.6) is 0 Å². The Morgan fingerprint density at radius 2 is 1.53 bits per heavy atom. The van der Waals surface area contributed by atoms with Crippen molar-refractivity contribution in [3.05, 3.63) is 0 Å². The first kappa shape index (κ1) is 13.1. The fourth-order valence-electron chi connectivity index (χ4n) is 4.07. The first-order valence-corrected chi connectivity index (χ1v) is 6.73. The van der Waals surface area contributed by atoms with Gasteiger partial charge in [0, 0.05) is 0 Å². The molecule has 0 heteroatoms. The maximum absolute atomic E-state index is 2.54. The zero-order valence-electron chi connectivity index (χ0n) is 11.9. The van der Waals surface area contributed by atoms with Crippen molar-refractivity contribution < 1.29 is 0 Å². The normalized spacial score (nSPS) is 36.2. The maximum Gasteiger partial charge on any atom is -0.0221 e. The van der Waals surface area contributed by atoms with Crippen molar-refractivity contribution in [1.82, 2.24) is 0 Å². The summed E-state index contributed by atoms with van der Waals surface area (Å²) in [7, 11) is 0. The molecule has 1 aliphatic rings. The molecule has 0 bridgehead atoms. The highest BCUT2D eigenvalue weighted by atomic mass is 14.6. The molecule has 2 atom stereocenters. The Bertz CT molecular complexity index is 212. The summed E-state index contributed by atoms with van der Waals surface area (Å²) < 4.78 is 0. The Morgan fingerprint density at radius 1 is 1.00 bits per heavy atom. The Labute approximate surface area is 96.8 Å². The van der Waals surface area contributed by atoms with E-state index in [4.69, 9.17) is 0 Å². The first-order valence-electron chi connectivity index (χ1n) is 6.73. The van der Waals surface area contributed by atoms with Crippen molar-refractivity contribution in [2.24, 2.45) is 28.6 Å². The number of hydrogen-bond acceptors (Lipinski definition) is 0. The topological polar surface area (TPSA) is 0 Å². The minimum Gasteiger partial charge on any atom is -0.0625 e. The Hall–Kier alpha value is 0. The second-order valence-electron chi connectivity index (χ2n) is 7.06. The standard InChI is InChI=1S/C15H30/c1-11(2)13-9-8-10-14(5,6)15(13,7)12(3)4/h11-13H,8-10H2,1-7H3. The van der Waals surface area contributed by atoms with Crippen LogP contribution >= 0.6 is 0 Å². The van der Waals surface area contributed by atoms with Crippen LogP contribution in [0.15, 0.2) is 0 Å². The molecule has 0 aliphatic heterocycles. The van der Waals surface area contributed by atoms with Crippen LogP contribution < -0.4 is 0 Å². The lowest BCUT2D eigenvalue weighted by molar-refractivity contribution is -0.0821. The van der Waals surface area contributed by atoms with Gasteiger partial charge >= 0.3 is 0 Å². The van der Waals surface area contributed by atoms with E-state index in [-0.39, 0.29) is 0 Å². The second kappa shape index (κ2) is 4.11. The van der Waals surface area contributed by atoms with Gasteiger partial charge in [0.15, 0.2) is 0 Å². The molecule has 0 aromatic heterocycles. The average molecular weight is 210 g/mol. The number of rotatable bonds is 2. The van der Waals surface area contributed by atoms with Gasteiger partial charge in [-0.3, -0.25) is 0 Å². The van der Waals surface area contributed by atoms with Gasteiger partial charge in [-0.1, -0.05) is 54.9 Å². The molecule has 15 heavy (non-hydrogen) atoms. The summed E-state index contributed by atoms with van der Waals surface area (Å²) in [5.74, 6) is 2.53. The van der Waals surface area contributed by atoms with E-state index in [0.29, 0.717) is 10.8 Å². The first-order chi connectivity index (χ1) is 6.73. The molecule has 0 N–H and O–H groups in total. The Morgan fingerprint density at radius 3 is 1.87 bits per heavy atom. The highest BCUT2D eigenvalue weighted by molar-refractivity contribution is 5.00. The summed E-state index contributed by atoms with van der Waals surface area (Å²) in [4.78, 5) is 0. The number of hydrogen-bond donors (Lipinski definition) is 0. The van der Waals surface area contributed by atoms with Gasteiger partial charge in [0.25, 0.3) is 0 Å². The molecule has 0 heterocycles. The molecule has 0 nitrogen and oxygen atoms in total. The van der Waals surface area contributed by atoms with Gasteiger partial charge in [-0.25, -0.2) is 0 Å². The summed E-state index contributed by atoms with van der Waals surface area (Å²) in [5.41, 5.74) is 1.02. The van der Waals surface area contributed by atoms with Crippen molar-refractivity contribution in [2.75, 3.05) is 0 Å². The molecule has 2 unspecified atom stereocenters. The van der Waals surface area contributed by atoms with Crippen LogP contribution in [-0.2, 0) is 0 Å². The van der Waals surface area contributed by atoms with E-state index in [1.165, 1.54) is 19.3 Å². The molecule has 1 fully saturated rings. The summed E-state index contributed by atoms with van der Waals surface area (Å²) in [5, 5.41) is 0. The van der Waals surface area contributed by atoms with E-state index < -0.39 is 0 Å². The maximum atomic E-state index is 2.54. The van der Waals surface area contributed by atoms with E-state index in [0.717, 1.165) is 17.8 Å². The molecule has 1 saturated carbocycles. The molecule has 0 amide bonds. The molecule has 90 valence electrons. The predicted molar refractivity (Wildman–Crippen MR) is 68.9 cm³/mol. The third kappa shape index (κ3) is 1.97. The molecule has 0 aromatic carbocycles. The summed E-state index contributed by atoms with van der Waals surface area (Å²) in [6, 6.07) is 0. The minimum atomic E-state index is 0.508. The molecular weight excluding hydrogens is 180 g/mol. The van der Waals surface area contributed by atoms with Crippen LogP contribution in [0.2, 0.25) is 0 Å². The van der Waals surface area contributed by atoms with E-state index in [1.807, 2.05) is 0 Å². The molecule has 0 spiro atoms. The van der Waals surface area contributed by atoms with Crippen LogP contribution in [0.1, 0.15) is 67.7 Å². The zero-order chi connectivity index (χ0) is 11.9. The van der Waals surface area contributed by atoms with Gasteiger partial charge in [0.05, 0.1) is 0 Å². The lowest BCUT2D eigenvalue weighted by Crippen LogP contribution is -2.50. The lowest BCUT2D eigenvalue weighted by Gasteiger charge is -2.57. The van der Waals surface area contributed by atoms with Crippen LogP contribution in [-0.4, -0.2) is 0 Å². The Balaban J connectivity index is 3.08. The third-order valence-corrected chi connectivity index (χ3v) is 5.55. The molecule has 1 aliphatic carbocycles. The van der Waals surface area contributed by atoms with Crippen molar-refractivity contribution in [1.29, 1.82) is 0 Å². The minimum absolute atomic E-state index is 0.508. The lowest BCUT2D eigenvalue weighted by atomic mass is 9.48. The molecule has 1 rings (SSSR count). The molecule has 0 radical (unpaired) electrons. The quantitative estimate of drug-likeness (QED) is 0.592.